The van der Waals surface area contributed by atoms with Gasteiger partial charge in [-0.3, -0.25) is 0 Å². The number of ether oxygens (including phenoxy) is 4. The fourth-order valence-corrected chi connectivity index (χ4v) is 4.46. The Kier molecular flexibility index (Phi) is 8.62. The Morgan fingerprint density at radius 3 is 1.72 bits per heavy atom. The van der Waals surface area contributed by atoms with Gasteiger partial charge < -0.3 is 28.2 Å². The molecule has 0 saturated carbocycles. The molecule has 0 saturated heterocycles. The van der Waals surface area contributed by atoms with Crippen LogP contribution in [0.3, 0.4) is 0 Å². The van der Waals surface area contributed by atoms with Gasteiger partial charge in [0, 0.05) is 36.3 Å². The Labute approximate surface area is 209 Å². The fourth-order valence-electron chi connectivity index (χ4n) is 3.41. The number of methoxy groups -OCH3 is 4. The summed E-state index contributed by atoms with van der Waals surface area (Å²) >= 11 is 0. The van der Waals surface area contributed by atoms with E-state index in [9.17, 15) is 18.3 Å². The number of aromatic carboxylic acids is 1. The van der Waals surface area contributed by atoms with Crippen LogP contribution in [0, 0.1) is 0 Å². The lowest BCUT2D eigenvalue weighted by atomic mass is 10.1. The first kappa shape index (κ1) is 26.6. The molecule has 0 radical (unpaired) electrons. The van der Waals surface area contributed by atoms with E-state index in [2.05, 4.69) is 0 Å². The molecule has 192 valence electrons. The van der Waals surface area contributed by atoms with E-state index in [1.807, 2.05) is 0 Å². The van der Waals surface area contributed by atoms with Crippen LogP contribution >= 0.6 is 0 Å². The van der Waals surface area contributed by atoms with Crippen LogP contribution in [0.1, 0.15) is 21.5 Å². The first-order valence-corrected chi connectivity index (χ1v) is 12.0. The Balaban J connectivity index is 2.02. The molecule has 3 aromatic carbocycles. The molecule has 0 aliphatic heterocycles. The van der Waals surface area contributed by atoms with E-state index in [0.717, 1.165) is 10.4 Å². The predicted molar refractivity (Wildman–Crippen MR) is 131 cm³/mol. The van der Waals surface area contributed by atoms with E-state index in [1.165, 1.54) is 46.6 Å². The second-order valence-electron chi connectivity index (χ2n) is 7.50. The standard InChI is InChI=1S/C25H27NO9S/c1-31-20-10-8-18(23(13-20)33-3)15-26(16-19-9-11-21(32-2)14-24(19)34-4)36(29,30)35-22-7-5-6-17(12-22)25(27)28/h5-14H,15-16H2,1-4H3,(H,27,28). The second kappa shape index (κ2) is 11.6. The van der Waals surface area contributed by atoms with Crippen molar-refractivity contribution in [3.8, 4) is 28.7 Å². The van der Waals surface area contributed by atoms with Gasteiger partial charge in [-0.25, -0.2) is 4.79 Å². The third-order valence-electron chi connectivity index (χ3n) is 5.28. The van der Waals surface area contributed by atoms with Crippen molar-refractivity contribution in [2.45, 2.75) is 13.1 Å². The molecule has 0 unspecified atom stereocenters. The first-order chi connectivity index (χ1) is 17.2. The van der Waals surface area contributed by atoms with Crippen LogP contribution in [-0.2, 0) is 23.4 Å². The zero-order valence-electron chi connectivity index (χ0n) is 20.3. The third kappa shape index (κ3) is 6.37. The number of hydrogen-bond acceptors (Lipinski definition) is 8. The summed E-state index contributed by atoms with van der Waals surface area (Å²) in [7, 11) is 1.54. The molecular formula is C25H27NO9S. The molecular weight excluding hydrogens is 490 g/mol. The monoisotopic (exact) mass is 517 g/mol. The molecule has 0 aromatic heterocycles. The van der Waals surface area contributed by atoms with Crippen molar-refractivity contribution in [2.24, 2.45) is 0 Å². The van der Waals surface area contributed by atoms with Crippen LogP contribution in [0.25, 0.3) is 0 Å². The Bertz CT molecular complexity index is 1270. The molecule has 0 aliphatic carbocycles. The van der Waals surface area contributed by atoms with E-state index in [0.29, 0.717) is 34.1 Å². The number of hydrogen-bond donors (Lipinski definition) is 1. The van der Waals surface area contributed by atoms with Crippen molar-refractivity contribution >= 4 is 16.3 Å². The maximum absolute atomic E-state index is 13.5. The van der Waals surface area contributed by atoms with E-state index in [4.69, 9.17) is 23.1 Å². The minimum Gasteiger partial charge on any atom is -0.497 e. The molecule has 1 N–H and O–H groups in total. The first-order valence-electron chi connectivity index (χ1n) is 10.7. The van der Waals surface area contributed by atoms with E-state index >= 15 is 0 Å². The van der Waals surface area contributed by atoms with Crippen molar-refractivity contribution < 1.29 is 41.4 Å². The Morgan fingerprint density at radius 2 is 1.28 bits per heavy atom. The third-order valence-corrected chi connectivity index (χ3v) is 6.57. The van der Waals surface area contributed by atoms with E-state index < -0.39 is 16.3 Å². The SMILES string of the molecule is COc1ccc(CN(Cc2ccc(OC)cc2OC)S(=O)(=O)Oc2cccc(C(=O)O)c2)c(OC)c1. The Hall–Kier alpha value is -3.96. The lowest BCUT2D eigenvalue weighted by Gasteiger charge is -2.24. The van der Waals surface area contributed by atoms with Crippen LogP contribution in [0.2, 0.25) is 0 Å². The highest BCUT2D eigenvalue weighted by Crippen LogP contribution is 2.31. The van der Waals surface area contributed by atoms with Gasteiger partial charge in [0.05, 0.1) is 34.0 Å². The summed E-state index contributed by atoms with van der Waals surface area (Å²) in [5.41, 5.74) is 0.998. The van der Waals surface area contributed by atoms with Crippen molar-refractivity contribution in [1.29, 1.82) is 0 Å². The van der Waals surface area contributed by atoms with Crippen molar-refractivity contribution in [3.63, 3.8) is 0 Å². The fraction of sp³-hybridized carbons (Fsp3) is 0.240. The van der Waals surface area contributed by atoms with E-state index in [1.54, 1.807) is 36.4 Å². The lowest BCUT2D eigenvalue weighted by Crippen LogP contribution is -2.34. The molecule has 10 nitrogen and oxygen atoms in total. The average Bonchev–Trinajstić information content (AvgIpc) is 2.88. The highest BCUT2D eigenvalue weighted by Gasteiger charge is 2.28. The molecule has 3 aromatic rings. The zero-order valence-corrected chi connectivity index (χ0v) is 21.1. The largest absolute Gasteiger partial charge is 0.497 e. The summed E-state index contributed by atoms with van der Waals surface area (Å²) in [6, 6.07) is 15.3. The quantitative estimate of drug-likeness (QED) is 0.383. The molecule has 0 spiro atoms. The molecule has 0 amide bonds. The molecule has 36 heavy (non-hydrogen) atoms. The summed E-state index contributed by atoms with van der Waals surface area (Å²) in [5, 5.41) is 9.24. The van der Waals surface area contributed by atoms with Gasteiger partial charge >= 0.3 is 16.3 Å². The van der Waals surface area contributed by atoms with Gasteiger partial charge in [-0.1, -0.05) is 18.2 Å². The van der Waals surface area contributed by atoms with E-state index in [-0.39, 0.29) is 24.4 Å². The maximum Gasteiger partial charge on any atom is 0.385 e. The number of benzene rings is 3. The molecule has 0 aliphatic rings. The molecule has 0 fully saturated rings. The number of carboxylic acids is 1. The minimum absolute atomic E-state index is 0.108. The molecule has 3 rings (SSSR count). The Morgan fingerprint density at radius 1 is 0.750 bits per heavy atom. The summed E-state index contributed by atoms with van der Waals surface area (Å²) in [4.78, 5) is 11.3. The number of rotatable bonds is 12. The van der Waals surface area contributed by atoms with Crippen LogP contribution in [-0.4, -0.2) is 52.2 Å². The minimum atomic E-state index is -4.43. The van der Waals surface area contributed by atoms with Crippen molar-refractivity contribution in [2.75, 3.05) is 28.4 Å². The molecule has 0 atom stereocenters. The average molecular weight is 518 g/mol. The second-order valence-corrected chi connectivity index (χ2v) is 9.04. The van der Waals surface area contributed by atoms with Gasteiger partial charge in [0.25, 0.3) is 0 Å². The van der Waals surface area contributed by atoms with Gasteiger partial charge in [0.1, 0.15) is 28.7 Å². The number of nitrogens with zero attached hydrogens (tertiary/aromatic N) is 1. The smallest absolute Gasteiger partial charge is 0.385 e. The lowest BCUT2D eigenvalue weighted by molar-refractivity contribution is 0.0696. The predicted octanol–water partition coefficient (Wildman–Crippen LogP) is 3.75. The number of carboxylic acid groups (broad SMARTS) is 1. The maximum atomic E-state index is 13.5. The summed E-state index contributed by atoms with van der Waals surface area (Å²) in [6.45, 7) is -0.243. The van der Waals surface area contributed by atoms with Gasteiger partial charge in [0.2, 0.25) is 0 Å². The number of carbonyl (C=O) groups is 1. The molecule has 0 heterocycles. The van der Waals surface area contributed by atoms with Gasteiger partial charge in [-0.15, -0.1) is 0 Å². The molecule has 0 bridgehead atoms. The topological polar surface area (TPSA) is 121 Å². The van der Waals surface area contributed by atoms with Gasteiger partial charge in [-0.05, 0) is 30.3 Å². The molecule has 11 heteroatoms. The summed E-state index contributed by atoms with van der Waals surface area (Å²) < 4.78 is 54.7. The van der Waals surface area contributed by atoms with Crippen LogP contribution in [0.5, 0.6) is 28.7 Å². The van der Waals surface area contributed by atoms with Gasteiger partial charge in [-0.2, -0.15) is 12.7 Å². The summed E-state index contributed by atoms with van der Waals surface area (Å²) in [5.74, 6) is 0.587. The van der Waals surface area contributed by atoms with Crippen LogP contribution in [0.15, 0.2) is 60.7 Å². The summed E-state index contributed by atoms with van der Waals surface area (Å²) in [6.07, 6.45) is 0. The highest BCUT2D eigenvalue weighted by atomic mass is 32.2. The van der Waals surface area contributed by atoms with Crippen LogP contribution < -0.4 is 23.1 Å². The van der Waals surface area contributed by atoms with Crippen LogP contribution in [0.4, 0.5) is 0 Å². The van der Waals surface area contributed by atoms with Crippen molar-refractivity contribution in [3.05, 3.63) is 77.4 Å². The normalized spacial score (nSPS) is 11.1. The van der Waals surface area contributed by atoms with Gasteiger partial charge in [0.15, 0.2) is 0 Å². The zero-order chi connectivity index (χ0) is 26.3. The highest BCUT2D eigenvalue weighted by molar-refractivity contribution is 7.84. The van der Waals surface area contributed by atoms with Crippen molar-refractivity contribution in [1.82, 2.24) is 4.31 Å².